The molecule has 1 aromatic carbocycles. The molecule has 0 spiro atoms. The van der Waals surface area contributed by atoms with Crippen LogP contribution in [0.15, 0.2) is 40.4 Å². The highest BCUT2D eigenvalue weighted by Gasteiger charge is 2.20. The van der Waals surface area contributed by atoms with E-state index in [-0.39, 0.29) is 23.1 Å². The van der Waals surface area contributed by atoms with Crippen LogP contribution in [0, 0.1) is 36.9 Å². The number of carbonyl (C=O) groups is 1. The predicted octanol–water partition coefficient (Wildman–Crippen LogP) is 4.73. The summed E-state index contributed by atoms with van der Waals surface area (Å²) in [6, 6.07) is 9.02. The summed E-state index contributed by atoms with van der Waals surface area (Å²) in [5.41, 5.74) is 3.49. The van der Waals surface area contributed by atoms with Gasteiger partial charge in [0.1, 0.15) is 23.5 Å². The molecule has 2 heterocycles. The zero-order valence-electron chi connectivity index (χ0n) is 18.8. The first-order valence-electron chi connectivity index (χ1n) is 10.4. The number of nitrogens with one attached hydrogen (secondary N) is 1. The highest BCUT2D eigenvalue weighted by atomic mass is 19.1. The largest absolute Gasteiger partial charge is 0.348 e. The molecule has 8 heteroatoms. The molecule has 0 aliphatic rings. The van der Waals surface area contributed by atoms with Crippen molar-refractivity contribution in [2.45, 2.75) is 47.2 Å². The van der Waals surface area contributed by atoms with E-state index in [0.717, 1.165) is 23.5 Å². The van der Waals surface area contributed by atoms with Crippen LogP contribution in [0.1, 0.15) is 49.7 Å². The van der Waals surface area contributed by atoms with Gasteiger partial charge in [-0.25, -0.2) is 4.39 Å². The van der Waals surface area contributed by atoms with Gasteiger partial charge in [0.25, 0.3) is 5.91 Å². The van der Waals surface area contributed by atoms with Crippen LogP contribution in [-0.4, -0.2) is 20.6 Å². The minimum atomic E-state index is -0.616. The molecule has 1 amide bonds. The number of rotatable bonds is 7. The number of aryl methyl sites for hydroxylation is 1. The zero-order valence-corrected chi connectivity index (χ0v) is 18.8. The summed E-state index contributed by atoms with van der Waals surface area (Å²) in [6.07, 6.45) is 1.60. The van der Waals surface area contributed by atoms with Gasteiger partial charge in [0.05, 0.1) is 0 Å². The van der Waals surface area contributed by atoms with E-state index in [1.165, 1.54) is 12.1 Å². The molecule has 1 atom stereocenters. The molecule has 0 bridgehead atoms. The zero-order chi connectivity index (χ0) is 23.4. The Morgan fingerprint density at radius 1 is 1.28 bits per heavy atom. The van der Waals surface area contributed by atoms with Gasteiger partial charge in [-0.3, -0.25) is 4.79 Å². The molecule has 0 radical (unpaired) electrons. The summed E-state index contributed by atoms with van der Waals surface area (Å²) in [7, 11) is 0. The van der Waals surface area contributed by atoms with Gasteiger partial charge in [-0.2, -0.15) is 10.2 Å². The summed E-state index contributed by atoms with van der Waals surface area (Å²) in [4.78, 5) is 17.0. The lowest BCUT2D eigenvalue weighted by atomic mass is 10.1. The number of hydrogen-bond acceptors (Lipinski definition) is 5. The van der Waals surface area contributed by atoms with Crippen LogP contribution in [-0.2, 0) is 11.3 Å². The summed E-state index contributed by atoms with van der Waals surface area (Å²) in [5.74, 6) is 0.0549. The Kier molecular flexibility index (Phi) is 6.89. The van der Waals surface area contributed by atoms with Gasteiger partial charge in [0.15, 0.2) is 0 Å². The standard InChI is InChI=1S/C24H26FN5O2/c1-14(2)13-30-15(3)10-19(17(30)5)11-20(12-26)23(31)27-16(4)24-28-22(29-32-24)18-6-8-21(25)9-7-18/h6-11,14,16H,13H2,1-5H3,(H,27,31)/b20-11-. The van der Waals surface area contributed by atoms with Gasteiger partial charge in [0.2, 0.25) is 11.7 Å². The van der Waals surface area contributed by atoms with Crippen LogP contribution in [0.25, 0.3) is 17.5 Å². The Labute approximate surface area is 186 Å². The third kappa shape index (κ3) is 5.11. The summed E-state index contributed by atoms with van der Waals surface area (Å²) < 4.78 is 20.5. The number of benzene rings is 1. The minimum Gasteiger partial charge on any atom is -0.348 e. The highest BCUT2D eigenvalue weighted by molar-refractivity contribution is 6.02. The van der Waals surface area contributed by atoms with Crippen LogP contribution in [0.2, 0.25) is 0 Å². The van der Waals surface area contributed by atoms with E-state index in [0.29, 0.717) is 11.5 Å². The maximum atomic E-state index is 13.1. The van der Waals surface area contributed by atoms with Crippen molar-refractivity contribution in [3.63, 3.8) is 0 Å². The lowest BCUT2D eigenvalue weighted by molar-refractivity contribution is -0.117. The fraction of sp³-hybridized carbons (Fsp3) is 0.333. The second-order valence-corrected chi connectivity index (χ2v) is 8.16. The molecule has 0 fully saturated rings. The number of carbonyl (C=O) groups excluding carboxylic acids is 1. The number of amides is 1. The van der Waals surface area contributed by atoms with Crippen molar-refractivity contribution in [1.82, 2.24) is 20.0 Å². The molecule has 3 aromatic rings. The van der Waals surface area contributed by atoms with Crippen LogP contribution in [0.4, 0.5) is 4.39 Å². The van der Waals surface area contributed by atoms with Crippen molar-refractivity contribution >= 4 is 12.0 Å². The van der Waals surface area contributed by atoms with Crippen LogP contribution >= 0.6 is 0 Å². The van der Waals surface area contributed by atoms with Gasteiger partial charge < -0.3 is 14.4 Å². The van der Waals surface area contributed by atoms with Crippen molar-refractivity contribution in [1.29, 1.82) is 5.26 Å². The molecule has 166 valence electrons. The van der Waals surface area contributed by atoms with Gasteiger partial charge >= 0.3 is 0 Å². The van der Waals surface area contributed by atoms with Gasteiger partial charge in [-0.05, 0) is 68.7 Å². The average molecular weight is 436 g/mol. The fourth-order valence-electron chi connectivity index (χ4n) is 3.39. The number of nitrogens with zero attached hydrogens (tertiary/aromatic N) is 4. The SMILES string of the molecule is Cc1cc(/C=C(/C#N)C(=O)NC(C)c2nc(-c3ccc(F)cc3)no2)c(C)n1CC(C)C. The Morgan fingerprint density at radius 2 is 1.97 bits per heavy atom. The quantitative estimate of drug-likeness (QED) is 0.427. The molecule has 1 N–H and O–H groups in total. The fourth-order valence-corrected chi connectivity index (χ4v) is 3.39. The van der Waals surface area contributed by atoms with Crippen molar-refractivity contribution in [2.24, 2.45) is 5.92 Å². The van der Waals surface area contributed by atoms with E-state index in [4.69, 9.17) is 4.52 Å². The first-order chi connectivity index (χ1) is 15.2. The number of hydrogen-bond donors (Lipinski definition) is 1. The van der Waals surface area contributed by atoms with E-state index in [1.807, 2.05) is 26.0 Å². The molecular formula is C24H26FN5O2. The Hall–Kier alpha value is -3.73. The average Bonchev–Trinajstić information content (AvgIpc) is 3.33. The van der Waals surface area contributed by atoms with E-state index in [2.05, 4.69) is 33.9 Å². The molecule has 0 aliphatic carbocycles. The van der Waals surface area contributed by atoms with Crippen molar-refractivity contribution in [2.75, 3.05) is 0 Å². The van der Waals surface area contributed by atoms with Crippen molar-refractivity contribution in [3.05, 3.63) is 64.6 Å². The molecule has 0 aliphatic heterocycles. The molecule has 1 unspecified atom stereocenters. The molecule has 0 saturated heterocycles. The number of halogens is 1. The Bertz CT molecular complexity index is 1180. The van der Waals surface area contributed by atoms with Crippen LogP contribution < -0.4 is 5.32 Å². The third-order valence-electron chi connectivity index (χ3n) is 5.09. The lowest BCUT2D eigenvalue weighted by Gasteiger charge is -2.12. The molecule has 3 rings (SSSR count). The minimum absolute atomic E-state index is 0.0140. The third-order valence-corrected chi connectivity index (χ3v) is 5.09. The maximum Gasteiger partial charge on any atom is 0.262 e. The summed E-state index contributed by atoms with van der Waals surface area (Å²) in [6.45, 7) is 10.8. The van der Waals surface area contributed by atoms with Gasteiger partial charge in [0, 0.05) is 23.5 Å². The molecule has 0 saturated carbocycles. The maximum absolute atomic E-state index is 13.1. The molecular weight excluding hydrogens is 409 g/mol. The first-order valence-corrected chi connectivity index (χ1v) is 10.4. The number of aromatic nitrogens is 3. The van der Waals surface area contributed by atoms with Crippen molar-refractivity contribution in [3.8, 4) is 17.5 Å². The monoisotopic (exact) mass is 435 g/mol. The second kappa shape index (κ2) is 9.60. The van der Waals surface area contributed by atoms with E-state index < -0.39 is 11.9 Å². The summed E-state index contributed by atoms with van der Waals surface area (Å²) >= 11 is 0. The second-order valence-electron chi connectivity index (χ2n) is 8.16. The summed E-state index contributed by atoms with van der Waals surface area (Å²) in [5, 5.41) is 16.2. The van der Waals surface area contributed by atoms with E-state index >= 15 is 0 Å². The van der Waals surface area contributed by atoms with Gasteiger partial charge in [-0.15, -0.1) is 0 Å². The Balaban J connectivity index is 1.76. The van der Waals surface area contributed by atoms with Crippen LogP contribution in [0.3, 0.4) is 0 Å². The van der Waals surface area contributed by atoms with E-state index in [1.54, 1.807) is 25.1 Å². The first kappa shape index (κ1) is 22.9. The van der Waals surface area contributed by atoms with Gasteiger partial charge in [-0.1, -0.05) is 19.0 Å². The molecule has 7 nitrogen and oxygen atoms in total. The predicted molar refractivity (Wildman–Crippen MR) is 119 cm³/mol. The van der Waals surface area contributed by atoms with Crippen LogP contribution in [0.5, 0.6) is 0 Å². The highest BCUT2D eigenvalue weighted by Crippen LogP contribution is 2.21. The van der Waals surface area contributed by atoms with Crippen molar-refractivity contribution < 1.29 is 13.7 Å². The normalized spacial score (nSPS) is 12.6. The Morgan fingerprint density at radius 3 is 2.59 bits per heavy atom. The number of nitriles is 1. The topological polar surface area (TPSA) is 96.7 Å². The lowest BCUT2D eigenvalue weighted by Crippen LogP contribution is -2.27. The smallest absolute Gasteiger partial charge is 0.262 e. The molecule has 2 aromatic heterocycles. The molecule has 32 heavy (non-hydrogen) atoms. The van der Waals surface area contributed by atoms with E-state index in [9.17, 15) is 14.4 Å².